The number of fused-ring (bicyclic) bond motifs is 1. The van der Waals surface area contributed by atoms with Gasteiger partial charge < -0.3 is 9.84 Å². The van der Waals surface area contributed by atoms with Crippen molar-refractivity contribution >= 4 is 22.4 Å². The van der Waals surface area contributed by atoms with Crippen molar-refractivity contribution < 1.29 is 9.84 Å². The second-order valence-electron chi connectivity index (χ2n) is 4.35. The van der Waals surface area contributed by atoms with E-state index in [1.165, 1.54) is 6.20 Å². The highest BCUT2D eigenvalue weighted by atomic mass is 35.5. The Hall–Kier alpha value is -2.10. The summed E-state index contributed by atoms with van der Waals surface area (Å²) in [6, 6.07) is 15.4. The molecule has 0 aliphatic heterocycles. The number of ether oxygens (including phenoxy) is 1. The van der Waals surface area contributed by atoms with Gasteiger partial charge in [-0.15, -0.1) is 0 Å². The van der Waals surface area contributed by atoms with Crippen LogP contribution in [0.5, 0.6) is 11.6 Å². The minimum atomic E-state index is -0.146. The van der Waals surface area contributed by atoms with Crippen LogP contribution in [-0.2, 0) is 6.61 Å². The zero-order valence-electron chi connectivity index (χ0n) is 10.6. The molecule has 1 N–H and O–H groups in total. The van der Waals surface area contributed by atoms with E-state index in [9.17, 15) is 5.11 Å². The van der Waals surface area contributed by atoms with Crippen molar-refractivity contribution in [1.82, 2.24) is 4.98 Å². The van der Waals surface area contributed by atoms with Crippen LogP contribution >= 0.6 is 11.6 Å². The normalized spacial score (nSPS) is 10.7. The third-order valence-electron chi connectivity index (χ3n) is 3.04. The summed E-state index contributed by atoms with van der Waals surface area (Å²) in [5.41, 5.74) is 0.594. The van der Waals surface area contributed by atoms with Crippen LogP contribution in [-0.4, -0.2) is 10.1 Å². The summed E-state index contributed by atoms with van der Waals surface area (Å²) >= 11 is 5.92. The van der Waals surface area contributed by atoms with Crippen LogP contribution in [0.2, 0.25) is 5.02 Å². The molecular formula is C16H12ClNO2. The monoisotopic (exact) mass is 285 g/mol. The van der Waals surface area contributed by atoms with Gasteiger partial charge in [0.2, 0.25) is 5.88 Å². The molecule has 0 atom stereocenters. The van der Waals surface area contributed by atoms with E-state index in [-0.39, 0.29) is 6.61 Å². The van der Waals surface area contributed by atoms with Crippen LogP contribution in [0.15, 0.2) is 54.7 Å². The van der Waals surface area contributed by atoms with Gasteiger partial charge in [-0.2, -0.15) is 0 Å². The van der Waals surface area contributed by atoms with E-state index in [0.717, 1.165) is 16.5 Å². The Labute approximate surface area is 121 Å². The van der Waals surface area contributed by atoms with Gasteiger partial charge in [-0.25, -0.2) is 4.98 Å². The summed E-state index contributed by atoms with van der Waals surface area (Å²) in [4.78, 5) is 4.12. The Balaban J connectivity index is 2.01. The topological polar surface area (TPSA) is 42.4 Å². The van der Waals surface area contributed by atoms with Crippen molar-refractivity contribution in [3.63, 3.8) is 0 Å². The average Bonchev–Trinajstić information content (AvgIpc) is 2.49. The van der Waals surface area contributed by atoms with Crippen LogP contribution in [0.25, 0.3) is 10.8 Å². The number of aliphatic hydroxyl groups is 1. The maximum atomic E-state index is 9.21. The second kappa shape index (κ2) is 5.49. The van der Waals surface area contributed by atoms with Crippen LogP contribution in [0.3, 0.4) is 0 Å². The second-order valence-corrected chi connectivity index (χ2v) is 4.76. The van der Waals surface area contributed by atoms with Gasteiger partial charge in [-0.05, 0) is 11.5 Å². The first-order chi connectivity index (χ1) is 9.78. The van der Waals surface area contributed by atoms with Gasteiger partial charge in [0.25, 0.3) is 0 Å². The number of benzene rings is 2. The molecule has 100 valence electrons. The Kier molecular flexibility index (Phi) is 3.54. The molecule has 0 aliphatic rings. The molecule has 0 saturated heterocycles. The molecule has 0 amide bonds. The quantitative estimate of drug-likeness (QED) is 0.785. The fraction of sp³-hybridized carbons (Fsp3) is 0.0625. The highest BCUT2D eigenvalue weighted by Crippen LogP contribution is 2.30. The van der Waals surface area contributed by atoms with Crippen molar-refractivity contribution in [2.24, 2.45) is 0 Å². The van der Waals surface area contributed by atoms with E-state index >= 15 is 0 Å². The molecule has 0 saturated carbocycles. The van der Waals surface area contributed by atoms with Crippen molar-refractivity contribution in [2.45, 2.75) is 6.61 Å². The standard InChI is InChI=1S/C16H12ClNO2/c17-14-9-18-16(8-12(14)10-19)20-15-7-3-5-11-4-1-2-6-13(11)15/h1-9,19H,10H2. The maximum Gasteiger partial charge on any atom is 0.219 e. The number of halogens is 1. The molecule has 4 heteroatoms. The molecule has 2 aromatic carbocycles. The molecule has 1 aromatic heterocycles. The van der Waals surface area contributed by atoms with Crippen molar-refractivity contribution in [3.8, 4) is 11.6 Å². The number of aromatic nitrogens is 1. The highest BCUT2D eigenvalue weighted by Gasteiger charge is 2.06. The Morgan fingerprint density at radius 1 is 1.10 bits per heavy atom. The van der Waals surface area contributed by atoms with Crippen LogP contribution in [0, 0.1) is 0 Å². The number of nitrogens with zero attached hydrogens (tertiary/aromatic N) is 1. The van der Waals surface area contributed by atoms with Crippen LogP contribution in [0.4, 0.5) is 0 Å². The van der Waals surface area contributed by atoms with E-state index in [1.807, 2.05) is 42.5 Å². The minimum Gasteiger partial charge on any atom is -0.438 e. The van der Waals surface area contributed by atoms with E-state index in [2.05, 4.69) is 4.98 Å². The first-order valence-electron chi connectivity index (χ1n) is 6.19. The van der Waals surface area contributed by atoms with Gasteiger partial charge in [0.15, 0.2) is 0 Å². The maximum absolute atomic E-state index is 9.21. The summed E-state index contributed by atoms with van der Waals surface area (Å²) in [5.74, 6) is 1.14. The predicted molar refractivity (Wildman–Crippen MR) is 79.2 cm³/mol. The SMILES string of the molecule is OCc1cc(Oc2cccc3ccccc23)ncc1Cl. The summed E-state index contributed by atoms with van der Waals surface area (Å²) in [6.45, 7) is -0.146. The predicted octanol–water partition coefficient (Wildman–Crippen LogP) is 4.17. The van der Waals surface area contributed by atoms with Gasteiger partial charge in [0, 0.05) is 23.2 Å². The Bertz CT molecular complexity index is 753. The molecule has 3 aromatic rings. The molecular weight excluding hydrogens is 274 g/mol. The number of hydrogen-bond donors (Lipinski definition) is 1. The molecule has 0 spiro atoms. The first kappa shape index (κ1) is 12.9. The first-order valence-corrected chi connectivity index (χ1v) is 6.56. The summed E-state index contributed by atoms with van der Waals surface area (Å²) in [7, 11) is 0. The van der Waals surface area contributed by atoms with Crippen LogP contribution < -0.4 is 4.74 Å². The lowest BCUT2D eigenvalue weighted by molar-refractivity contribution is 0.281. The summed E-state index contributed by atoms with van der Waals surface area (Å²) in [6.07, 6.45) is 1.48. The molecule has 0 unspecified atom stereocenters. The minimum absolute atomic E-state index is 0.146. The van der Waals surface area contributed by atoms with E-state index in [1.54, 1.807) is 6.07 Å². The van der Waals surface area contributed by atoms with Gasteiger partial charge in [-0.1, -0.05) is 48.0 Å². The van der Waals surface area contributed by atoms with E-state index in [0.29, 0.717) is 16.5 Å². The third kappa shape index (κ3) is 2.46. The Morgan fingerprint density at radius 2 is 1.90 bits per heavy atom. The van der Waals surface area contributed by atoms with E-state index < -0.39 is 0 Å². The summed E-state index contributed by atoms with van der Waals surface area (Å²) in [5, 5.41) is 11.8. The number of pyridine rings is 1. The van der Waals surface area contributed by atoms with Crippen molar-refractivity contribution in [1.29, 1.82) is 0 Å². The molecule has 0 radical (unpaired) electrons. The van der Waals surface area contributed by atoms with E-state index in [4.69, 9.17) is 16.3 Å². The highest BCUT2D eigenvalue weighted by molar-refractivity contribution is 6.31. The van der Waals surface area contributed by atoms with Crippen molar-refractivity contribution in [3.05, 3.63) is 65.3 Å². The fourth-order valence-electron chi connectivity index (χ4n) is 2.03. The Morgan fingerprint density at radius 3 is 2.75 bits per heavy atom. The van der Waals surface area contributed by atoms with Gasteiger partial charge in [-0.3, -0.25) is 0 Å². The number of rotatable bonds is 3. The zero-order valence-corrected chi connectivity index (χ0v) is 11.3. The molecule has 0 bridgehead atoms. The number of hydrogen-bond acceptors (Lipinski definition) is 3. The lowest BCUT2D eigenvalue weighted by Crippen LogP contribution is -1.92. The van der Waals surface area contributed by atoms with Gasteiger partial charge >= 0.3 is 0 Å². The molecule has 0 aliphatic carbocycles. The van der Waals surface area contributed by atoms with Crippen LogP contribution in [0.1, 0.15) is 5.56 Å². The van der Waals surface area contributed by atoms with Crippen molar-refractivity contribution in [2.75, 3.05) is 0 Å². The average molecular weight is 286 g/mol. The lowest BCUT2D eigenvalue weighted by Gasteiger charge is -2.09. The molecule has 3 rings (SSSR count). The lowest BCUT2D eigenvalue weighted by atomic mass is 10.1. The fourth-order valence-corrected chi connectivity index (χ4v) is 2.20. The largest absolute Gasteiger partial charge is 0.438 e. The molecule has 3 nitrogen and oxygen atoms in total. The van der Waals surface area contributed by atoms with Gasteiger partial charge in [0.05, 0.1) is 11.6 Å². The molecule has 20 heavy (non-hydrogen) atoms. The summed E-state index contributed by atoms with van der Waals surface area (Å²) < 4.78 is 5.81. The molecule has 0 fully saturated rings. The third-order valence-corrected chi connectivity index (χ3v) is 3.38. The van der Waals surface area contributed by atoms with Gasteiger partial charge in [0.1, 0.15) is 5.75 Å². The zero-order chi connectivity index (χ0) is 13.9. The number of aliphatic hydroxyl groups excluding tert-OH is 1. The smallest absolute Gasteiger partial charge is 0.219 e. The molecule has 1 heterocycles.